The summed E-state index contributed by atoms with van der Waals surface area (Å²) in [6.45, 7) is 3.92. The third kappa shape index (κ3) is 5.97. The number of rotatable bonds is 8. The van der Waals surface area contributed by atoms with E-state index in [1.807, 2.05) is 48.5 Å². The van der Waals surface area contributed by atoms with Crippen LogP contribution in [-0.2, 0) is 28.9 Å². The first kappa shape index (κ1) is 24.9. The van der Waals surface area contributed by atoms with Crippen molar-refractivity contribution in [1.82, 2.24) is 14.5 Å². The van der Waals surface area contributed by atoms with Crippen LogP contribution in [0.15, 0.2) is 60.8 Å². The number of benzene rings is 1. The highest BCUT2D eigenvalue weighted by molar-refractivity contribution is 5.87. The molecule has 1 atom stereocenters. The van der Waals surface area contributed by atoms with Crippen LogP contribution in [0.4, 0.5) is 5.82 Å². The topological polar surface area (TPSA) is 91.1 Å². The zero-order chi connectivity index (χ0) is 25.6. The average molecular weight is 503 g/mol. The summed E-state index contributed by atoms with van der Waals surface area (Å²) in [7, 11) is 0. The summed E-state index contributed by atoms with van der Waals surface area (Å²) in [6, 6.07) is 15.5. The van der Waals surface area contributed by atoms with E-state index < -0.39 is 12.1 Å². The van der Waals surface area contributed by atoms with E-state index >= 15 is 0 Å². The number of carbonyl (C=O) groups is 1. The number of aromatic hydroxyl groups is 2. The van der Waals surface area contributed by atoms with E-state index in [4.69, 9.17) is 4.74 Å². The molecule has 1 saturated heterocycles. The first-order chi connectivity index (χ1) is 18.1. The predicted octanol–water partition coefficient (Wildman–Crippen LogP) is 3.62. The van der Waals surface area contributed by atoms with Crippen molar-refractivity contribution in [2.75, 3.05) is 37.6 Å². The number of ether oxygens (including phenoxy) is 1. The number of anilines is 1. The number of fused-ring (bicyclic) bond motifs is 1. The third-order valence-corrected chi connectivity index (χ3v) is 7.21. The van der Waals surface area contributed by atoms with Gasteiger partial charge in [-0.25, -0.2) is 9.78 Å². The van der Waals surface area contributed by atoms with Crippen molar-refractivity contribution in [3.8, 4) is 11.8 Å². The van der Waals surface area contributed by atoms with Gasteiger partial charge >= 0.3 is 5.97 Å². The van der Waals surface area contributed by atoms with Gasteiger partial charge in [0.05, 0.1) is 6.54 Å². The zero-order valence-electron chi connectivity index (χ0n) is 21.0. The Morgan fingerprint density at radius 3 is 2.24 bits per heavy atom. The number of aromatic nitrogens is 2. The molecule has 1 unspecified atom stereocenters. The van der Waals surface area contributed by atoms with Gasteiger partial charge in [-0.3, -0.25) is 9.47 Å². The fourth-order valence-electron chi connectivity index (χ4n) is 5.25. The van der Waals surface area contributed by atoms with Gasteiger partial charge < -0.3 is 19.8 Å². The largest absolute Gasteiger partial charge is 0.494 e. The van der Waals surface area contributed by atoms with Gasteiger partial charge in [0, 0.05) is 56.1 Å². The average Bonchev–Trinajstić information content (AvgIpc) is 3.18. The lowest BCUT2D eigenvalue weighted by Crippen LogP contribution is -2.49. The van der Waals surface area contributed by atoms with Crippen LogP contribution < -0.4 is 4.90 Å². The van der Waals surface area contributed by atoms with E-state index in [0.717, 1.165) is 74.4 Å². The molecular formula is C29H34N4O4. The van der Waals surface area contributed by atoms with E-state index in [1.165, 1.54) is 10.6 Å². The highest BCUT2D eigenvalue weighted by Gasteiger charge is 2.28. The van der Waals surface area contributed by atoms with Crippen LogP contribution in [-0.4, -0.2) is 69.5 Å². The summed E-state index contributed by atoms with van der Waals surface area (Å²) >= 11 is 0. The molecule has 1 aromatic carbocycles. The second-order valence-electron chi connectivity index (χ2n) is 9.70. The van der Waals surface area contributed by atoms with E-state index in [-0.39, 0.29) is 18.3 Å². The van der Waals surface area contributed by atoms with Gasteiger partial charge in [-0.05, 0) is 49.5 Å². The number of hydrogen-bond acceptors (Lipinski definition) is 7. The monoisotopic (exact) mass is 502 g/mol. The Morgan fingerprint density at radius 2 is 1.59 bits per heavy atom. The lowest BCUT2D eigenvalue weighted by Gasteiger charge is -2.36. The molecule has 0 radical (unpaired) electrons. The quantitative estimate of drug-likeness (QED) is 0.359. The maximum absolute atomic E-state index is 12.8. The number of carbonyl (C=O) groups excluding carboxylic acids is 1. The van der Waals surface area contributed by atoms with E-state index in [0.29, 0.717) is 6.54 Å². The first-order valence-electron chi connectivity index (χ1n) is 13.0. The Morgan fingerprint density at radius 1 is 0.919 bits per heavy atom. The van der Waals surface area contributed by atoms with Crippen molar-refractivity contribution in [1.29, 1.82) is 0 Å². The summed E-state index contributed by atoms with van der Waals surface area (Å²) in [6.07, 6.45) is 7.91. The van der Waals surface area contributed by atoms with Crippen LogP contribution in [0.25, 0.3) is 6.08 Å². The Bertz CT molecular complexity index is 1190. The summed E-state index contributed by atoms with van der Waals surface area (Å²) in [5, 5.41) is 21.8. The van der Waals surface area contributed by atoms with Crippen LogP contribution in [0, 0.1) is 0 Å². The van der Waals surface area contributed by atoms with Crippen molar-refractivity contribution in [2.45, 2.75) is 38.3 Å². The molecule has 5 rings (SSSR count). The summed E-state index contributed by atoms with van der Waals surface area (Å²) in [4.78, 5) is 21.7. The number of pyridine rings is 1. The summed E-state index contributed by atoms with van der Waals surface area (Å²) < 4.78 is 7.41. The fourth-order valence-corrected chi connectivity index (χ4v) is 5.25. The van der Waals surface area contributed by atoms with Gasteiger partial charge in [-0.2, -0.15) is 0 Å². The number of piperazine rings is 1. The molecule has 1 aliphatic carbocycles. The number of hydrogen-bond donors (Lipinski definition) is 2. The van der Waals surface area contributed by atoms with Gasteiger partial charge in [0.2, 0.25) is 0 Å². The smallest absolute Gasteiger partial charge is 0.331 e. The molecule has 0 amide bonds. The maximum atomic E-state index is 12.8. The molecule has 3 heterocycles. The van der Waals surface area contributed by atoms with Crippen molar-refractivity contribution in [3.05, 3.63) is 77.5 Å². The third-order valence-electron chi connectivity index (χ3n) is 7.21. The van der Waals surface area contributed by atoms with Crippen molar-refractivity contribution < 1.29 is 19.7 Å². The molecule has 37 heavy (non-hydrogen) atoms. The van der Waals surface area contributed by atoms with E-state index in [2.05, 4.69) is 14.8 Å². The Balaban J connectivity index is 1.29. The minimum atomic E-state index is -0.542. The van der Waals surface area contributed by atoms with E-state index in [9.17, 15) is 15.0 Å². The van der Waals surface area contributed by atoms with Gasteiger partial charge in [0.1, 0.15) is 11.9 Å². The predicted molar refractivity (Wildman–Crippen MR) is 143 cm³/mol. The highest BCUT2D eigenvalue weighted by atomic mass is 16.5. The number of nitrogens with zero attached hydrogens (tertiary/aromatic N) is 4. The maximum Gasteiger partial charge on any atom is 0.331 e. The minimum absolute atomic E-state index is 0.0908. The highest BCUT2D eigenvalue weighted by Crippen LogP contribution is 2.39. The second kappa shape index (κ2) is 11.5. The molecule has 0 spiro atoms. The molecule has 2 aromatic heterocycles. The Hall–Kier alpha value is -3.78. The molecule has 1 aliphatic heterocycles. The lowest BCUT2D eigenvalue weighted by molar-refractivity contribution is -0.144. The van der Waals surface area contributed by atoms with Crippen molar-refractivity contribution in [3.63, 3.8) is 0 Å². The molecular weight excluding hydrogens is 468 g/mol. The normalized spacial score (nSPS) is 17.0. The van der Waals surface area contributed by atoms with Gasteiger partial charge in [-0.1, -0.05) is 36.4 Å². The van der Waals surface area contributed by atoms with Crippen LogP contribution in [0.5, 0.6) is 11.8 Å². The Labute approximate surface area is 217 Å². The fraction of sp³-hybridized carbons (Fsp3) is 0.379. The second-order valence-corrected chi connectivity index (χ2v) is 9.70. The van der Waals surface area contributed by atoms with Gasteiger partial charge in [0.25, 0.3) is 0 Å². The molecule has 2 N–H and O–H groups in total. The summed E-state index contributed by atoms with van der Waals surface area (Å²) in [5.74, 6) is 0.696. The van der Waals surface area contributed by atoms with Crippen molar-refractivity contribution >= 4 is 17.9 Å². The van der Waals surface area contributed by atoms with Gasteiger partial charge in [0.15, 0.2) is 11.8 Å². The molecule has 194 valence electrons. The number of esters is 1. The lowest BCUT2D eigenvalue weighted by atomic mass is 9.95. The Kier molecular flexibility index (Phi) is 7.75. The standard InChI is InChI=1S/C29H34N4O4/c34-27(14-13-22-8-2-1-3-9-22)37-23(21-33-28(35)24-10-4-5-11-25(24)29(33)36)20-31-16-18-32(19-17-31)26-12-6-7-15-30-26/h1-3,6-9,12-15,23,35-36H,4-5,10-11,16-21H2. The molecule has 8 heteroatoms. The van der Waals surface area contributed by atoms with Crippen LogP contribution in [0.2, 0.25) is 0 Å². The van der Waals surface area contributed by atoms with Gasteiger partial charge in [-0.15, -0.1) is 0 Å². The molecule has 3 aromatic rings. The first-order valence-corrected chi connectivity index (χ1v) is 13.0. The minimum Gasteiger partial charge on any atom is -0.494 e. The SMILES string of the molecule is O=C(C=Cc1ccccc1)OC(CN1CCN(c2ccccn2)CC1)Cn1c(O)c2c(c1O)CCCC2. The van der Waals surface area contributed by atoms with Crippen molar-refractivity contribution in [2.24, 2.45) is 0 Å². The van der Waals surface area contributed by atoms with E-state index in [1.54, 1.807) is 12.3 Å². The van der Waals surface area contributed by atoms with Crippen LogP contribution in [0.3, 0.4) is 0 Å². The molecule has 8 nitrogen and oxygen atoms in total. The summed E-state index contributed by atoms with van der Waals surface area (Å²) in [5.41, 5.74) is 2.55. The molecule has 0 bridgehead atoms. The molecule has 2 aliphatic rings. The molecule has 0 saturated carbocycles. The van der Waals surface area contributed by atoms with Crippen LogP contribution >= 0.6 is 0 Å². The molecule has 1 fully saturated rings. The van der Waals surface area contributed by atoms with Crippen LogP contribution in [0.1, 0.15) is 29.5 Å². The zero-order valence-corrected chi connectivity index (χ0v) is 21.0.